The van der Waals surface area contributed by atoms with Crippen LogP contribution in [0.5, 0.6) is 0 Å². The van der Waals surface area contributed by atoms with Gasteiger partial charge in [0.15, 0.2) is 12.2 Å². The molecule has 0 aliphatic rings. The lowest BCUT2D eigenvalue weighted by Crippen LogP contribution is -2.30. The highest BCUT2D eigenvalue weighted by atomic mass is 31.2. The van der Waals surface area contributed by atoms with Gasteiger partial charge in [0.1, 0.15) is 19.3 Å². The SMILES string of the molecule is CCCCCCCCCCCCCCC(=O)O[C@H](COC(=O)CCCCCCCCCCCCC)COP(=O)(O)OC[C@H](O)COP(=O)(O)OC[C@@H](COC(=O)CCCCCCCCCCCC(C)C)OC(=O)CCCCCCCCCCCCCCCCCC(C)C. The summed E-state index contributed by atoms with van der Waals surface area (Å²) in [6.07, 6.45) is 52.6. The van der Waals surface area contributed by atoms with Gasteiger partial charge < -0.3 is 33.8 Å². The van der Waals surface area contributed by atoms with Gasteiger partial charge in [-0.3, -0.25) is 37.3 Å². The highest BCUT2D eigenvalue weighted by Crippen LogP contribution is 2.45. The molecule has 17 nitrogen and oxygen atoms in total. The van der Waals surface area contributed by atoms with Crippen LogP contribution in [0.3, 0.4) is 0 Å². The van der Waals surface area contributed by atoms with Crippen molar-refractivity contribution >= 4 is 39.5 Å². The molecule has 0 aromatic rings. The number of aliphatic hydroxyl groups excluding tert-OH is 1. The van der Waals surface area contributed by atoms with Crippen LogP contribution in [0, 0.1) is 11.8 Å². The van der Waals surface area contributed by atoms with Crippen molar-refractivity contribution < 1.29 is 80.2 Å². The molecule has 0 bridgehead atoms. The molecule has 0 saturated heterocycles. The third-order valence-electron chi connectivity index (χ3n) is 17.2. The number of aliphatic hydroxyl groups is 1. The number of carbonyl (C=O) groups is 4. The Labute approximate surface area is 568 Å². The summed E-state index contributed by atoms with van der Waals surface area (Å²) in [7, 11) is -9.91. The van der Waals surface area contributed by atoms with Crippen LogP contribution in [0.25, 0.3) is 0 Å². The summed E-state index contributed by atoms with van der Waals surface area (Å²) in [5, 5.41) is 10.6. The van der Waals surface area contributed by atoms with Crippen LogP contribution in [-0.4, -0.2) is 96.7 Å². The van der Waals surface area contributed by atoms with Crippen molar-refractivity contribution in [3.63, 3.8) is 0 Å². The van der Waals surface area contributed by atoms with Gasteiger partial charge in [0.05, 0.1) is 26.4 Å². The first-order valence-electron chi connectivity index (χ1n) is 38.5. The number of phosphoric acid groups is 2. The molecule has 5 atom stereocenters. The Morgan fingerprint density at radius 1 is 0.290 bits per heavy atom. The predicted molar refractivity (Wildman–Crippen MR) is 377 cm³/mol. The summed E-state index contributed by atoms with van der Waals surface area (Å²) in [5.41, 5.74) is 0. The number of unbranched alkanes of at least 4 members (excludes halogenated alkanes) is 43. The Bertz CT molecular complexity index is 1800. The van der Waals surface area contributed by atoms with E-state index in [0.29, 0.717) is 25.7 Å². The molecule has 2 unspecified atom stereocenters. The Morgan fingerprint density at radius 3 is 0.731 bits per heavy atom. The summed E-state index contributed by atoms with van der Waals surface area (Å²) in [6, 6.07) is 0. The van der Waals surface area contributed by atoms with E-state index in [-0.39, 0.29) is 25.7 Å². The van der Waals surface area contributed by atoms with Crippen molar-refractivity contribution in [2.24, 2.45) is 11.8 Å². The molecule has 0 fully saturated rings. The molecule has 0 spiro atoms. The normalized spacial score (nSPS) is 14.1. The molecule has 0 saturated carbocycles. The third-order valence-corrected chi connectivity index (χ3v) is 19.1. The Balaban J connectivity index is 5.23. The van der Waals surface area contributed by atoms with Gasteiger partial charge in [-0.25, -0.2) is 9.13 Å². The minimum absolute atomic E-state index is 0.107. The second kappa shape index (κ2) is 66.0. The largest absolute Gasteiger partial charge is 0.472 e. The summed E-state index contributed by atoms with van der Waals surface area (Å²) in [5.74, 6) is -0.570. The van der Waals surface area contributed by atoms with Crippen molar-refractivity contribution in [2.45, 2.75) is 400 Å². The lowest BCUT2D eigenvalue weighted by molar-refractivity contribution is -0.161. The second-order valence-electron chi connectivity index (χ2n) is 27.6. The van der Waals surface area contributed by atoms with E-state index in [2.05, 4.69) is 41.5 Å². The van der Waals surface area contributed by atoms with Gasteiger partial charge in [-0.05, 0) is 37.5 Å². The van der Waals surface area contributed by atoms with Gasteiger partial charge in [-0.1, -0.05) is 330 Å². The minimum atomic E-state index is -4.95. The summed E-state index contributed by atoms with van der Waals surface area (Å²) < 4.78 is 68.4. The molecule has 0 aliphatic heterocycles. The molecule has 0 radical (unpaired) electrons. The van der Waals surface area contributed by atoms with Crippen LogP contribution in [0.2, 0.25) is 0 Å². The highest BCUT2D eigenvalue weighted by Gasteiger charge is 2.30. The maximum atomic E-state index is 13.1. The highest BCUT2D eigenvalue weighted by molar-refractivity contribution is 7.47. The van der Waals surface area contributed by atoms with E-state index in [4.69, 9.17) is 37.0 Å². The topological polar surface area (TPSA) is 237 Å². The average Bonchev–Trinajstić information content (AvgIpc) is 2.56. The van der Waals surface area contributed by atoms with Gasteiger partial charge >= 0.3 is 39.5 Å². The molecule has 19 heteroatoms. The molecule has 0 heterocycles. The van der Waals surface area contributed by atoms with Crippen LogP contribution in [0.4, 0.5) is 0 Å². The Kier molecular flexibility index (Phi) is 64.6. The van der Waals surface area contributed by atoms with Crippen LogP contribution in [0.1, 0.15) is 382 Å². The summed E-state index contributed by atoms with van der Waals surface area (Å²) in [6.45, 7) is 9.59. The zero-order chi connectivity index (χ0) is 68.6. The molecule has 0 aliphatic carbocycles. The Hall–Kier alpha value is -1.94. The molecule has 0 aromatic carbocycles. The first kappa shape index (κ1) is 91.1. The van der Waals surface area contributed by atoms with Crippen molar-refractivity contribution in [3.05, 3.63) is 0 Å². The predicted octanol–water partition coefficient (Wildman–Crippen LogP) is 21.6. The number of phosphoric ester groups is 2. The van der Waals surface area contributed by atoms with Crippen LogP contribution in [-0.2, 0) is 65.4 Å². The molecular formula is C74H144O17P2. The van der Waals surface area contributed by atoms with E-state index in [1.165, 1.54) is 199 Å². The van der Waals surface area contributed by atoms with Gasteiger partial charge in [0, 0.05) is 25.7 Å². The molecule has 3 N–H and O–H groups in total. The lowest BCUT2D eigenvalue weighted by atomic mass is 10.0. The quantitative estimate of drug-likeness (QED) is 0.0222. The first-order chi connectivity index (χ1) is 44.9. The van der Waals surface area contributed by atoms with Crippen LogP contribution in [0.15, 0.2) is 0 Å². The van der Waals surface area contributed by atoms with E-state index in [1.54, 1.807) is 0 Å². The monoisotopic (exact) mass is 1370 g/mol. The molecular weight excluding hydrogens is 1220 g/mol. The third kappa shape index (κ3) is 68.4. The number of hydrogen-bond donors (Lipinski definition) is 3. The number of hydrogen-bond acceptors (Lipinski definition) is 15. The summed E-state index contributed by atoms with van der Waals surface area (Å²) in [4.78, 5) is 72.7. The zero-order valence-corrected chi connectivity index (χ0v) is 62.3. The zero-order valence-electron chi connectivity index (χ0n) is 60.6. The van der Waals surface area contributed by atoms with E-state index >= 15 is 0 Å². The fourth-order valence-electron chi connectivity index (χ4n) is 11.3. The number of ether oxygens (including phenoxy) is 4. The smallest absolute Gasteiger partial charge is 0.462 e. The average molecular weight is 1370 g/mol. The summed E-state index contributed by atoms with van der Waals surface area (Å²) >= 11 is 0. The fraction of sp³-hybridized carbons (Fsp3) is 0.946. The fourth-order valence-corrected chi connectivity index (χ4v) is 12.9. The van der Waals surface area contributed by atoms with Gasteiger partial charge in [0.2, 0.25) is 0 Å². The van der Waals surface area contributed by atoms with E-state index < -0.39 is 97.5 Å². The van der Waals surface area contributed by atoms with Gasteiger partial charge in [-0.2, -0.15) is 0 Å². The van der Waals surface area contributed by atoms with E-state index in [0.717, 1.165) is 102 Å². The Morgan fingerprint density at radius 2 is 0.495 bits per heavy atom. The molecule has 552 valence electrons. The maximum absolute atomic E-state index is 13.1. The van der Waals surface area contributed by atoms with Crippen molar-refractivity contribution in [3.8, 4) is 0 Å². The van der Waals surface area contributed by atoms with E-state index in [1.807, 2.05) is 0 Å². The molecule has 93 heavy (non-hydrogen) atoms. The lowest BCUT2D eigenvalue weighted by Gasteiger charge is -2.21. The van der Waals surface area contributed by atoms with Crippen molar-refractivity contribution in [1.82, 2.24) is 0 Å². The number of carbonyl (C=O) groups excluding carboxylic acids is 4. The first-order valence-corrected chi connectivity index (χ1v) is 41.5. The second-order valence-corrected chi connectivity index (χ2v) is 30.5. The number of esters is 4. The van der Waals surface area contributed by atoms with Crippen LogP contribution < -0.4 is 0 Å². The molecule has 0 rings (SSSR count). The van der Waals surface area contributed by atoms with Crippen molar-refractivity contribution in [1.29, 1.82) is 0 Å². The van der Waals surface area contributed by atoms with Crippen molar-refractivity contribution in [2.75, 3.05) is 39.6 Å². The van der Waals surface area contributed by atoms with Gasteiger partial charge in [-0.15, -0.1) is 0 Å². The maximum Gasteiger partial charge on any atom is 0.472 e. The van der Waals surface area contributed by atoms with E-state index in [9.17, 15) is 43.2 Å². The minimum Gasteiger partial charge on any atom is -0.462 e. The van der Waals surface area contributed by atoms with Crippen LogP contribution >= 0.6 is 15.6 Å². The number of rotatable bonds is 73. The standard InChI is InChI=1S/C74H144O17P2/c1-7-9-11-13-15-17-19-27-33-40-46-52-58-73(78)90-69(62-84-71(76)56-50-44-38-32-25-18-16-14-12-10-8-2)64-88-92(80,81)86-60-68(75)61-87-93(82,83)89-65-70(63-85-72(77)57-51-45-39-35-29-31-37-43-49-55-67(5)6)91-74(79)59-53-47-41-34-28-24-22-20-21-23-26-30-36-42-48-54-66(3)4/h66-70,75H,7-65H2,1-6H3,(H,80,81)(H,82,83)/t68-,69+,70+/m0/s1. The van der Waals surface area contributed by atoms with Gasteiger partial charge in [0.25, 0.3) is 0 Å². The molecule has 0 aromatic heterocycles. The molecule has 0 amide bonds.